The summed E-state index contributed by atoms with van der Waals surface area (Å²) >= 11 is 6.59. The maximum absolute atomic E-state index is 13.9. The standard InChI is InChI=1S/C27H24ClF3N4O4S/c1-2-39-25(37)14-4-8-18(9-5-14)35-24(36)23(40-26(35)38)19(15-6-10-21-22(12-15)33-34-32-21)11-16-3-7-17(28)13-20(16)27(29,30)31/h3,6-7,10,12-14,18H,2,4-5,8-9,11H2,1H3,(H,32,33,34)/b23-19-. The van der Waals surface area contributed by atoms with E-state index in [1.54, 1.807) is 25.1 Å². The van der Waals surface area contributed by atoms with E-state index in [-0.39, 0.29) is 46.0 Å². The minimum Gasteiger partial charge on any atom is -0.466 e. The Bertz CT molecular complexity index is 1510. The van der Waals surface area contributed by atoms with Gasteiger partial charge in [0.2, 0.25) is 0 Å². The van der Waals surface area contributed by atoms with E-state index < -0.39 is 28.9 Å². The lowest BCUT2D eigenvalue weighted by molar-refractivity contribution is -0.149. The van der Waals surface area contributed by atoms with Crippen molar-refractivity contribution in [2.24, 2.45) is 5.92 Å². The maximum Gasteiger partial charge on any atom is 0.416 e. The molecule has 0 spiro atoms. The van der Waals surface area contributed by atoms with Gasteiger partial charge in [-0.3, -0.25) is 24.4 Å². The summed E-state index contributed by atoms with van der Waals surface area (Å²) in [6.45, 7) is 2.01. The number of carbonyl (C=O) groups excluding carboxylic acids is 3. The molecule has 2 aromatic carbocycles. The predicted octanol–water partition coefficient (Wildman–Crippen LogP) is 6.40. The Morgan fingerprint density at radius 1 is 1.15 bits per heavy atom. The van der Waals surface area contributed by atoms with Crippen LogP contribution in [0.15, 0.2) is 41.3 Å². The fourth-order valence-electron chi connectivity index (χ4n) is 5.21. The number of nitrogens with zero attached hydrogens (tertiary/aromatic N) is 3. The molecule has 1 aromatic heterocycles. The van der Waals surface area contributed by atoms with Gasteiger partial charge in [-0.15, -0.1) is 5.10 Å². The number of esters is 1. The summed E-state index contributed by atoms with van der Waals surface area (Å²) in [5, 5.41) is 9.89. The zero-order chi connectivity index (χ0) is 28.6. The van der Waals surface area contributed by atoms with E-state index in [1.165, 1.54) is 17.0 Å². The number of amides is 2. The number of alkyl halides is 3. The Hall–Kier alpha value is -3.38. The number of imide groups is 1. The SMILES string of the molecule is CCOC(=O)C1CCC(N2C(=O)S/C(=C(/Cc3ccc(Cl)cc3C(F)(F)F)c3ccc4[nH]nnc4c3)C2=O)CC1. The second-order valence-corrected chi connectivity index (χ2v) is 11.0. The first-order chi connectivity index (χ1) is 19.1. The Balaban J connectivity index is 1.52. The van der Waals surface area contributed by atoms with Crippen LogP contribution in [0.1, 0.15) is 49.3 Å². The van der Waals surface area contributed by atoms with Crippen LogP contribution in [0.25, 0.3) is 16.6 Å². The summed E-state index contributed by atoms with van der Waals surface area (Å²) in [6.07, 6.45) is -3.15. The van der Waals surface area contributed by atoms with Crippen molar-refractivity contribution in [1.82, 2.24) is 20.3 Å². The smallest absolute Gasteiger partial charge is 0.416 e. The molecule has 2 amide bonds. The molecule has 210 valence electrons. The zero-order valence-electron chi connectivity index (χ0n) is 21.3. The van der Waals surface area contributed by atoms with Crippen molar-refractivity contribution < 1.29 is 32.3 Å². The fraction of sp³-hybridized carbons (Fsp3) is 0.370. The average molecular weight is 593 g/mol. The third kappa shape index (κ3) is 5.60. The summed E-state index contributed by atoms with van der Waals surface area (Å²) in [4.78, 5) is 40.3. The number of benzene rings is 2. The molecule has 1 aliphatic carbocycles. The van der Waals surface area contributed by atoms with Crippen LogP contribution in [-0.4, -0.2) is 50.1 Å². The molecular formula is C27H24ClF3N4O4S. The first-order valence-electron chi connectivity index (χ1n) is 12.7. The number of hydrogen-bond donors (Lipinski definition) is 1. The van der Waals surface area contributed by atoms with Crippen LogP contribution in [0.5, 0.6) is 0 Å². The van der Waals surface area contributed by atoms with Crippen molar-refractivity contribution >= 4 is 57.1 Å². The molecule has 2 fully saturated rings. The number of fused-ring (bicyclic) bond motifs is 1. The zero-order valence-corrected chi connectivity index (χ0v) is 22.8. The first-order valence-corrected chi connectivity index (χ1v) is 13.9. The number of aromatic amines is 1. The van der Waals surface area contributed by atoms with Gasteiger partial charge in [0.05, 0.1) is 28.5 Å². The molecule has 5 rings (SSSR count). The molecule has 0 atom stereocenters. The molecular weight excluding hydrogens is 569 g/mol. The highest BCUT2D eigenvalue weighted by Crippen LogP contribution is 2.43. The quantitative estimate of drug-likeness (QED) is 0.261. The molecule has 1 saturated carbocycles. The van der Waals surface area contributed by atoms with E-state index in [2.05, 4.69) is 15.4 Å². The van der Waals surface area contributed by atoms with Crippen LogP contribution in [0.3, 0.4) is 0 Å². The number of carbonyl (C=O) groups is 3. The van der Waals surface area contributed by atoms with Gasteiger partial charge in [-0.25, -0.2) is 0 Å². The summed E-state index contributed by atoms with van der Waals surface area (Å²) in [5.41, 5.74) is 0.769. The molecule has 0 radical (unpaired) electrons. The van der Waals surface area contributed by atoms with Crippen LogP contribution in [0.2, 0.25) is 5.02 Å². The molecule has 13 heteroatoms. The van der Waals surface area contributed by atoms with Crippen LogP contribution < -0.4 is 0 Å². The van der Waals surface area contributed by atoms with Gasteiger partial charge in [0.1, 0.15) is 5.52 Å². The molecule has 3 aromatic rings. The van der Waals surface area contributed by atoms with Gasteiger partial charge >= 0.3 is 12.1 Å². The minimum absolute atomic E-state index is 0.0587. The third-order valence-electron chi connectivity index (χ3n) is 7.17. The molecule has 40 heavy (non-hydrogen) atoms. The highest BCUT2D eigenvalue weighted by atomic mass is 35.5. The largest absolute Gasteiger partial charge is 0.466 e. The van der Waals surface area contributed by atoms with E-state index >= 15 is 0 Å². The number of halogens is 4. The van der Waals surface area contributed by atoms with Crippen LogP contribution in [0.4, 0.5) is 18.0 Å². The second kappa shape index (κ2) is 11.2. The summed E-state index contributed by atoms with van der Waals surface area (Å²) in [6, 6.07) is 8.01. The van der Waals surface area contributed by atoms with Crippen molar-refractivity contribution in [2.45, 2.75) is 51.2 Å². The first kappa shape index (κ1) is 28.2. The van der Waals surface area contributed by atoms with E-state index in [0.29, 0.717) is 54.0 Å². The molecule has 1 saturated heterocycles. The van der Waals surface area contributed by atoms with Crippen molar-refractivity contribution in [2.75, 3.05) is 6.61 Å². The number of hydrogen-bond acceptors (Lipinski definition) is 7. The number of H-pyrrole nitrogens is 1. The third-order valence-corrected chi connectivity index (χ3v) is 8.41. The van der Waals surface area contributed by atoms with Gasteiger partial charge in [0, 0.05) is 11.1 Å². The van der Waals surface area contributed by atoms with Gasteiger partial charge in [-0.2, -0.15) is 13.2 Å². The Morgan fingerprint density at radius 3 is 2.60 bits per heavy atom. The van der Waals surface area contributed by atoms with Crippen molar-refractivity contribution in [3.05, 3.63) is 63.0 Å². The lowest BCUT2D eigenvalue weighted by Gasteiger charge is -2.32. The second-order valence-electron chi connectivity index (χ2n) is 9.63. The van der Waals surface area contributed by atoms with E-state index in [1.807, 2.05) is 0 Å². The van der Waals surface area contributed by atoms with Crippen LogP contribution in [-0.2, 0) is 26.9 Å². The van der Waals surface area contributed by atoms with E-state index in [4.69, 9.17) is 16.3 Å². The Kier molecular flexibility index (Phi) is 7.92. The predicted molar refractivity (Wildman–Crippen MR) is 143 cm³/mol. The van der Waals surface area contributed by atoms with Crippen LogP contribution in [0, 0.1) is 5.92 Å². The van der Waals surface area contributed by atoms with Crippen molar-refractivity contribution in [1.29, 1.82) is 0 Å². The average Bonchev–Trinajstić information content (AvgIpc) is 3.50. The number of thioether (sulfide) groups is 1. The molecule has 0 unspecified atom stereocenters. The molecule has 2 heterocycles. The Morgan fingerprint density at radius 2 is 1.90 bits per heavy atom. The lowest BCUT2D eigenvalue weighted by atomic mass is 9.85. The van der Waals surface area contributed by atoms with Gasteiger partial charge in [-0.1, -0.05) is 28.9 Å². The highest BCUT2D eigenvalue weighted by molar-refractivity contribution is 8.18. The highest BCUT2D eigenvalue weighted by Gasteiger charge is 2.44. The molecule has 0 bridgehead atoms. The normalized spacial score (nSPS) is 21.3. The van der Waals surface area contributed by atoms with Gasteiger partial charge < -0.3 is 4.74 Å². The molecule has 8 nitrogen and oxygen atoms in total. The van der Waals surface area contributed by atoms with Gasteiger partial charge in [0.25, 0.3) is 11.1 Å². The van der Waals surface area contributed by atoms with Crippen molar-refractivity contribution in [3.63, 3.8) is 0 Å². The number of ether oxygens (including phenoxy) is 1. The van der Waals surface area contributed by atoms with Crippen molar-refractivity contribution in [3.8, 4) is 0 Å². The number of rotatable bonds is 6. The summed E-state index contributed by atoms with van der Waals surface area (Å²) in [5.74, 6) is -1.14. The number of aromatic nitrogens is 3. The molecule has 2 aliphatic rings. The molecule has 1 N–H and O–H groups in total. The number of allylic oxidation sites excluding steroid dienone is 1. The Labute approximate surface area is 236 Å². The summed E-state index contributed by atoms with van der Waals surface area (Å²) < 4.78 is 46.9. The van der Waals surface area contributed by atoms with E-state index in [0.717, 1.165) is 6.07 Å². The maximum atomic E-state index is 13.9. The van der Waals surface area contributed by atoms with E-state index in [9.17, 15) is 27.6 Å². The monoisotopic (exact) mass is 592 g/mol. The number of nitrogens with one attached hydrogen (secondary N) is 1. The topological polar surface area (TPSA) is 105 Å². The molecule has 1 aliphatic heterocycles. The minimum atomic E-state index is -4.68. The van der Waals surface area contributed by atoms with Gasteiger partial charge in [0.15, 0.2) is 0 Å². The fourth-order valence-corrected chi connectivity index (χ4v) is 6.38. The lowest BCUT2D eigenvalue weighted by Crippen LogP contribution is -2.42. The van der Waals surface area contributed by atoms with Gasteiger partial charge in [-0.05, 0) is 91.8 Å². The van der Waals surface area contributed by atoms with Crippen LogP contribution >= 0.6 is 23.4 Å². The summed E-state index contributed by atoms with van der Waals surface area (Å²) in [7, 11) is 0.